The van der Waals surface area contributed by atoms with Gasteiger partial charge in [0.25, 0.3) is 0 Å². The van der Waals surface area contributed by atoms with Crippen LogP contribution in [0.15, 0.2) is 54.6 Å². The van der Waals surface area contributed by atoms with Gasteiger partial charge in [0.05, 0.1) is 12.5 Å². The van der Waals surface area contributed by atoms with E-state index in [4.69, 9.17) is 4.74 Å². The summed E-state index contributed by atoms with van der Waals surface area (Å²) in [4.78, 5) is 20.1. The Balaban J connectivity index is 1.43. The summed E-state index contributed by atoms with van der Waals surface area (Å²) in [5.41, 5.74) is 1.25. The van der Waals surface area contributed by atoms with Gasteiger partial charge in [-0.3, -0.25) is 9.69 Å². The molecule has 172 valence electrons. The first-order valence-electron chi connectivity index (χ1n) is 11.6. The molecule has 1 unspecified atom stereocenters. The van der Waals surface area contributed by atoms with Crippen molar-refractivity contribution >= 4 is 5.91 Å². The number of likely N-dealkylation sites (N-methyl/N-ethyl adjacent to an activating group) is 1. The van der Waals surface area contributed by atoms with Gasteiger partial charge in [-0.05, 0) is 44.6 Å². The van der Waals surface area contributed by atoms with Gasteiger partial charge in [-0.2, -0.15) is 0 Å². The van der Waals surface area contributed by atoms with Gasteiger partial charge in [0.15, 0.2) is 0 Å². The molecule has 2 fully saturated rings. The summed E-state index contributed by atoms with van der Waals surface area (Å²) in [7, 11) is 4.17. The van der Waals surface area contributed by atoms with Gasteiger partial charge < -0.3 is 14.5 Å². The first-order valence-corrected chi connectivity index (χ1v) is 11.6. The maximum absolute atomic E-state index is 13.5. The lowest BCUT2D eigenvalue weighted by Crippen LogP contribution is -2.48. The predicted molar refractivity (Wildman–Crippen MR) is 124 cm³/mol. The second kappa shape index (κ2) is 10.5. The third-order valence-corrected chi connectivity index (χ3v) is 6.70. The average Bonchev–Trinajstić information content (AvgIpc) is 3.29. The number of carbonyl (C=O) groups excluding carboxylic acids is 1. The highest BCUT2D eigenvalue weighted by molar-refractivity contribution is 5.79. The molecule has 6 heteroatoms. The van der Waals surface area contributed by atoms with Crippen molar-refractivity contribution in [2.75, 3.05) is 46.9 Å². The van der Waals surface area contributed by atoms with E-state index in [0.29, 0.717) is 18.4 Å². The Bertz CT molecular complexity index is 892. The van der Waals surface area contributed by atoms with E-state index in [-0.39, 0.29) is 23.6 Å². The highest BCUT2D eigenvalue weighted by Crippen LogP contribution is 2.28. The number of carbonyl (C=O) groups is 1. The van der Waals surface area contributed by atoms with E-state index < -0.39 is 0 Å². The highest BCUT2D eigenvalue weighted by atomic mass is 19.1. The minimum atomic E-state index is -0.297. The average molecular weight is 440 g/mol. The Morgan fingerprint density at radius 2 is 1.91 bits per heavy atom. The van der Waals surface area contributed by atoms with Gasteiger partial charge in [-0.1, -0.05) is 36.4 Å². The first kappa shape index (κ1) is 22.7. The molecule has 0 saturated carbocycles. The first-order chi connectivity index (χ1) is 15.5. The van der Waals surface area contributed by atoms with Crippen molar-refractivity contribution < 1.29 is 13.9 Å². The molecule has 0 aromatic heterocycles. The van der Waals surface area contributed by atoms with Crippen molar-refractivity contribution in [1.29, 1.82) is 0 Å². The number of hydrogen-bond acceptors (Lipinski definition) is 4. The Morgan fingerprint density at radius 1 is 1.09 bits per heavy atom. The summed E-state index contributed by atoms with van der Waals surface area (Å²) < 4.78 is 19.5. The van der Waals surface area contributed by atoms with Gasteiger partial charge >= 0.3 is 0 Å². The van der Waals surface area contributed by atoms with Gasteiger partial charge in [0.1, 0.15) is 11.6 Å². The van der Waals surface area contributed by atoms with Crippen LogP contribution in [0.3, 0.4) is 0 Å². The molecule has 2 saturated heterocycles. The van der Waals surface area contributed by atoms with Crippen molar-refractivity contribution in [3.63, 3.8) is 0 Å². The quantitative estimate of drug-likeness (QED) is 0.662. The predicted octanol–water partition coefficient (Wildman–Crippen LogP) is 3.51. The van der Waals surface area contributed by atoms with Crippen LogP contribution in [-0.2, 0) is 11.3 Å². The molecule has 4 rings (SSSR count). The van der Waals surface area contributed by atoms with Crippen molar-refractivity contribution in [1.82, 2.24) is 14.7 Å². The molecule has 0 radical (unpaired) electrons. The zero-order chi connectivity index (χ0) is 22.5. The van der Waals surface area contributed by atoms with Crippen LogP contribution in [0.2, 0.25) is 0 Å². The van der Waals surface area contributed by atoms with Crippen molar-refractivity contribution in [2.24, 2.45) is 11.8 Å². The van der Waals surface area contributed by atoms with E-state index in [1.165, 1.54) is 17.7 Å². The standard InChI is InChI=1S/C26H34FN3O2/c1-28(2)24-11-12-30(18-24)26(31)22-13-21(19-32-25-10-6-9-23(27)14-25)16-29(17-22)15-20-7-4-3-5-8-20/h3-10,14,21-22,24H,11-13,15-19H2,1-2H3/t21-,22+,24?/m0/s1. The largest absolute Gasteiger partial charge is 0.493 e. The molecule has 0 aliphatic carbocycles. The Hall–Kier alpha value is -2.44. The van der Waals surface area contributed by atoms with Gasteiger partial charge in [0, 0.05) is 50.7 Å². The zero-order valence-electron chi connectivity index (χ0n) is 19.1. The third-order valence-electron chi connectivity index (χ3n) is 6.70. The number of likely N-dealkylation sites (tertiary alicyclic amines) is 2. The van der Waals surface area contributed by atoms with Crippen LogP contribution >= 0.6 is 0 Å². The van der Waals surface area contributed by atoms with E-state index in [0.717, 1.165) is 45.6 Å². The molecule has 2 aliphatic heterocycles. The fourth-order valence-corrected chi connectivity index (χ4v) is 4.97. The summed E-state index contributed by atoms with van der Waals surface area (Å²) in [6.45, 7) is 4.59. The van der Waals surface area contributed by atoms with Crippen molar-refractivity contribution in [3.8, 4) is 5.75 Å². The molecule has 1 amide bonds. The van der Waals surface area contributed by atoms with E-state index >= 15 is 0 Å². The number of piperidine rings is 1. The van der Waals surface area contributed by atoms with Crippen molar-refractivity contribution in [2.45, 2.75) is 25.4 Å². The number of hydrogen-bond donors (Lipinski definition) is 0. The molecule has 0 N–H and O–H groups in total. The number of halogens is 1. The maximum Gasteiger partial charge on any atom is 0.227 e. The molecular formula is C26H34FN3O2. The lowest BCUT2D eigenvalue weighted by Gasteiger charge is -2.38. The molecule has 2 aromatic rings. The third kappa shape index (κ3) is 5.87. The number of amides is 1. The topological polar surface area (TPSA) is 36.0 Å². The molecule has 2 aromatic carbocycles. The second-order valence-electron chi connectivity index (χ2n) is 9.44. The van der Waals surface area contributed by atoms with Gasteiger partial charge in [-0.25, -0.2) is 4.39 Å². The lowest BCUT2D eigenvalue weighted by atomic mass is 9.88. The van der Waals surface area contributed by atoms with Crippen molar-refractivity contribution in [3.05, 3.63) is 66.0 Å². The number of ether oxygens (including phenoxy) is 1. The monoisotopic (exact) mass is 439 g/mol. The summed E-state index contributed by atoms with van der Waals surface area (Å²) in [6, 6.07) is 17.1. The molecule has 2 heterocycles. The van der Waals surface area contributed by atoms with Crippen LogP contribution in [0.5, 0.6) is 5.75 Å². The minimum Gasteiger partial charge on any atom is -0.493 e. The zero-order valence-corrected chi connectivity index (χ0v) is 19.1. The maximum atomic E-state index is 13.5. The van der Waals surface area contributed by atoms with Gasteiger partial charge in [0.2, 0.25) is 5.91 Å². The Labute approximate surface area is 190 Å². The summed E-state index contributed by atoms with van der Waals surface area (Å²) in [6.07, 6.45) is 1.84. The van der Waals surface area contributed by atoms with Gasteiger partial charge in [-0.15, -0.1) is 0 Å². The SMILES string of the molecule is CN(C)C1CCN(C(=O)[C@@H]2C[C@H](COc3cccc(F)c3)CN(Cc3ccccc3)C2)C1. The number of nitrogens with zero attached hydrogens (tertiary/aromatic N) is 3. The van der Waals surface area contributed by atoms with E-state index in [2.05, 4.69) is 48.2 Å². The van der Waals surface area contributed by atoms with Crippen LogP contribution in [0.4, 0.5) is 4.39 Å². The molecular weight excluding hydrogens is 405 g/mol. The number of benzene rings is 2. The molecule has 2 aliphatic rings. The van der Waals surface area contributed by atoms with Crippen LogP contribution < -0.4 is 4.74 Å². The van der Waals surface area contributed by atoms with Crippen LogP contribution in [0.1, 0.15) is 18.4 Å². The summed E-state index contributed by atoms with van der Waals surface area (Å²) in [5.74, 6) is 0.699. The normalized spacial score (nSPS) is 24.1. The summed E-state index contributed by atoms with van der Waals surface area (Å²) in [5, 5.41) is 0. The Morgan fingerprint density at radius 3 is 2.62 bits per heavy atom. The Kier molecular flexibility index (Phi) is 7.43. The number of rotatable bonds is 7. The second-order valence-corrected chi connectivity index (χ2v) is 9.44. The van der Waals surface area contributed by atoms with E-state index in [1.807, 2.05) is 11.0 Å². The van der Waals surface area contributed by atoms with E-state index in [9.17, 15) is 9.18 Å². The fourth-order valence-electron chi connectivity index (χ4n) is 4.97. The lowest BCUT2D eigenvalue weighted by molar-refractivity contribution is -0.137. The van der Waals surface area contributed by atoms with Crippen LogP contribution in [0.25, 0.3) is 0 Å². The van der Waals surface area contributed by atoms with Crippen LogP contribution in [-0.4, -0.2) is 73.5 Å². The van der Waals surface area contributed by atoms with E-state index in [1.54, 1.807) is 12.1 Å². The fraction of sp³-hybridized carbons (Fsp3) is 0.500. The molecule has 3 atom stereocenters. The molecule has 0 bridgehead atoms. The molecule has 32 heavy (non-hydrogen) atoms. The summed E-state index contributed by atoms with van der Waals surface area (Å²) >= 11 is 0. The molecule has 0 spiro atoms. The van der Waals surface area contributed by atoms with Crippen LogP contribution in [0, 0.1) is 17.7 Å². The highest BCUT2D eigenvalue weighted by Gasteiger charge is 2.37. The minimum absolute atomic E-state index is 0.0329. The molecule has 5 nitrogen and oxygen atoms in total. The smallest absolute Gasteiger partial charge is 0.227 e.